The van der Waals surface area contributed by atoms with Crippen LogP contribution in [0.5, 0.6) is 0 Å². The molecule has 0 bridgehead atoms. The Morgan fingerprint density at radius 2 is 2.12 bits per heavy atom. The molecular weight excluding hydrogens is 317 g/mol. The minimum atomic E-state index is 0. The van der Waals surface area contributed by atoms with Crippen LogP contribution in [-0.2, 0) is 6.54 Å². The number of nitrogens with two attached hydrogens (primary N) is 1. The van der Waals surface area contributed by atoms with Gasteiger partial charge in [0.05, 0.1) is 12.2 Å². The largest absolute Gasteiger partial charge is 0.370 e. The van der Waals surface area contributed by atoms with E-state index in [2.05, 4.69) is 15.2 Å². The molecule has 0 saturated heterocycles. The zero-order chi connectivity index (χ0) is 11.1. The molecule has 1 aromatic heterocycles. The number of hydrogen-bond donors (Lipinski definition) is 1. The topological polar surface area (TPSA) is 67.4 Å². The summed E-state index contributed by atoms with van der Waals surface area (Å²) in [6.45, 7) is 6.32. The molecule has 0 atom stereocenters. The van der Waals surface area contributed by atoms with Crippen molar-refractivity contribution in [1.29, 1.82) is 0 Å². The van der Waals surface area contributed by atoms with Crippen molar-refractivity contribution >= 4 is 29.9 Å². The quantitative estimate of drug-likeness (QED) is 0.511. The lowest BCUT2D eigenvalue weighted by molar-refractivity contribution is 0.458. The molecule has 0 fully saturated rings. The van der Waals surface area contributed by atoms with E-state index in [-0.39, 0.29) is 24.0 Å². The zero-order valence-corrected chi connectivity index (χ0v) is 12.0. The molecule has 0 aliphatic carbocycles. The van der Waals surface area contributed by atoms with Gasteiger partial charge in [-0.2, -0.15) is 10.2 Å². The van der Waals surface area contributed by atoms with Crippen LogP contribution in [0.4, 0.5) is 0 Å². The van der Waals surface area contributed by atoms with Gasteiger partial charge in [-0.1, -0.05) is 0 Å². The molecule has 1 aromatic rings. The third kappa shape index (κ3) is 4.73. The van der Waals surface area contributed by atoms with E-state index in [1.165, 1.54) is 0 Å². The van der Waals surface area contributed by atoms with Crippen molar-refractivity contribution in [3.8, 4) is 0 Å². The smallest absolute Gasteiger partial charge is 0.191 e. The van der Waals surface area contributed by atoms with Crippen molar-refractivity contribution in [2.24, 2.45) is 10.7 Å². The van der Waals surface area contributed by atoms with Gasteiger partial charge in [0.15, 0.2) is 5.96 Å². The highest BCUT2D eigenvalue weighted by Gasteiger charge is 2.01. The molecule has 0 amide bonds. The van der Waals surface area contributed by atoms with Crippen molar-refractivity contribution in [1.82, 2.24) is 15.1 Å². The van der Waals surface area contributed by atoms with Gasteiger partial charge in [0, 0.05) is 19.3 Å². The van der Waals surface area contributed by atoms with Crippen molar-refractivity contribution in [3.05, 3.63) is 24.0 Å². The van der Waals surface area contributed by atoms with E-state index >= 15 is 0 Å². The fraction of sp³-hybridized carbons (Fsp3) is 0.500. The number of rotatable bonds is 4. The van der Waals surface area contributed by atoms with E-state index in [1.807, 2.05) is 30.9 Å². The normalized spacial score (nSPS) is 10.8. The molecule has 5 nitrogen and oxygen atoms in total. The van der Waals surface area contributed by atoms with Gasteiger partial charge in [-0.05, 0) is 26.0 Å². The number of aromatic nitrogens is 2. The van der Waals surface area contributed by atoms with E-state index in [0.717, 1.165) is 18.8 Å². The van der Waals surface area contributed by atoms with Crippen molar-refractivity contribution in [3.63, 3.8) is 0 Å². The molecule has 16 heavy (non-hydrogen) atoms. The fourth-order valence-electron chi connectivity index (χ4n) is 1.23. The minimum absolute atomic E-state index is 0. The second kappa shape index (κ2) is 8.26. The standard InChI is InChI=1S/C10H17N5.HI/c1-3-15(4-2)10(11)12-8-9-6-5-7-13-14-9;/h5-7H,3-4,8H2,1-2H3,(H2,11,12);1H. The lowest BCUT2D eigenvalue weighted by Gasteiger charge is -2.19. The van der Waals surface area contributed by atoms with Crippen LogP contribution in [0.2, 0.25) is 0 Å². The van der Waals surface area contributed by atoms with Gasteiger partial charge in [0.1, 0.15) is 0 Å². The average Bonchev–Trinajstić information content (AvgIpc) is 2.29. The summed E-state index contributed by atoms with van der Waals surface area (Å²) in [5.41, 5.74) is 6.64. The number of nitrogens with zero attached hydrogens (tertiary/aromatic N) is 4. The van der Waals surface area contributed by atoms with Gasteiger partial charge in [0.25, 0.3) is 0 Å². The van der Waals surface area contributed by atoms with Crippen LogP contribution >= 0.6 is 24.0 Å². The summed E-state index contributed by atoms with van der Waals surface area (Å²) in [5, 5.41) is 7.70. The van der Waals surface area contributed by atoms with Gasteiger partial charge in [-0.25, -0.2) is 4.99 Å². The highest BCUT2D eigenvalue weighted by Crippen LogP contribution is 1.95. The van der Waals surface area contributed by atoms with E-state index < -0.39 is 0 Å². The van der Waals surface area contributed by atoms with E-state index in [4.69, 9.17) is 5.73 Å². The van der Waals surface area contributed by atoms with Crippen LogP contribution < -0.4 is 5.73 Å². The van der Waals surface area contributed by atoms with Gasteiger partial charge in [-0.3, -0.25) is 0 Å². The Morgan fingerprint density at radius 3 is 2.62 bits per heavy atom. The van der Waals surface area contributed by atoms with Crippen LogP contribution in [0.1, 0.15) is 19.5 Å². The summed E-state index contributed by atoms with van der Waals surface area (Å²) in [5.74, 6) is 0.561. The Kier molecular flexibility index (Phi) is 7.78. The summed E-state index contributed by atoms with van der Waals surface area (Å²) in [6.07, 6.45) is 1.64. The average molecular weight is 335 g/mol. The van der Waals surface area contributed by atoms with E-state index in [0.29, 0.717) is 12.5 Å². The van der Waals surface area contributed by atoms with Gasteiger partial charge in [-0.15, -0.1) is 24.0 Å². The Balaban J connectivity index is 0.00000225. The predicted molar refractivity (Wildman–Crippen MR) is 75.7 cm³/mol. The van der Waals surface area contributed by atoms with Crippen molar-refractivity contribution in [2.45, 2.75) is 20.4 Å². The summed E-state index contributed by atoms with van der Waals surface area (Å²) in [6, 6.07) is 3.72. The zero-order valence-electron chi connectivity index (χ0n) is 9.63. The molecule has 0 aliphatic rings. The Labute approximate surface area is 113 Å². The molecule has 0 radical (unpaired) electrons. The van der Waals surface area contributed by atoms with Gasteiger partial charge in [0.2, 0.25) is 0 Å². The molecule has 6 heteroatoms. The lowest BCUT2D eigenvalue weighted by atomic mass is 10.4. The summed E-state index contributed by atoms with van der Waals surface area (Å²) in [7, 11) is 0. The molecule has 0 aliphatic heterocycles. The number of halogens is 1. The van der Waals surface area contributed by atoms with Crippen LogP contribution in [-0.4, -0.2) is 34.1 Å². The van der Waals surface area contributed by atoms with Crippen LogP contribution in [0, 0.1) is 0 Å². The lowest BCUT2D eigenvalue weighted by Crippen LogP contribution is -2.37. The first-order chi connectivity index (χ1) is 7.27. The summed E-state index contributed by atoms with van der Waals surface area (Å²) < 4.78 is 0. The van der Waals surface area contributed by atoms with Crippen LogP contribution in [0.3, 0.4) is 0 Å². The van der Waals surface area contributed by atoms with E-state index in [9.17, 15) is 0 Å². The first kappa shape index (κ1) is 15.1. The monoisotopic (exact) mass is 335 g/mol. The Hall–Kier alpha value is -0.920. The fourth-order valence-corrected chi connectivity index (χ4v) is 1.23. The van der Waals surface area contributed by atoms with Crippen molar-refractivity contribution < 1.29 is 0 Å². The second-order valence-corrected chi connectivity index (χ2v) is 3.06. The molecule has 0 aromatic carbocycles. The highest BCUT2D eigenvalue weighted by atomic mass is 127. The molecule has 1 heterocycles. The maximum Gasteiger partial charge on any atom is 0.191 e. The van der Waals surface area contributed by atoms with Crippen molar-refractivity contribution in [2.75, 3.05) is 13.1 Å². The number of guanidine groups is 1. The molecule has 0 unspecified atom stereocenters. The molecule has 0 spiro atoms. The highest BCUT2D eigenvalue weighted by molar-refractivity contribution is 14.0. The summed E-state index contributed by atoms with van der Waals surface area (Å²) >= 11 is 0. The maximum atomic E-state index is 5.81. The Morgan fingerprint density at radius 1 is 1.44 bits per heavy atom. The molecule has 2 N–H and O–H groups in total. The first-order valence-electron chi connectivity index (χ1n) is 5.09. The van der Waals surface area contributed by atoms with Crippen LogP contribution in [0.25, 0.3) is 0 Å². The number of aliphatic imine (C=N–C) groups is 1. The molecular formula is C10H18IN5. The third-order valence-corrected chi connectivity index (χ3v) is 2.12. The third-order valence-electron chi connectivity index (χ3n) is 2.12. The maximum absolute atomic E-state index is 5.81. The SMILES string of the molecule is CCN(CC)C(N)=NCc1cccnn1.I. The van der Waals surface area contributed by atoms with Gasteiger partial charge >= 0.3 is 0 Å². The summed E-state index contributed by atoms with van der Waals surface area (Å²) in [4.78, 5) is 6.25. The minimum Gasteiger partial charge on any atom is -0.370 e. The van der Waals surface area contributed by atoms with Gasteiger partial charge < -0.3 is 10.6 Å². The molecule has 1 rings (SSSR count). The Bertz CT molecular complexity index is 310. The molecule has 90 valence electrons. The predicted octanol–water partition coefficient (Wildman–Crippen LogP) is 1.25. The second-order valence-electron chi connectivity index (χ2n) is 3.06. The van der Waals surface area contributed by atoms with Crippen LogP contribution in [0.15, 0.2) is 23.3 Å². The van der Waals surface area contributed by atoms with E-state index in [1.54, 1.807) is 6.20 Å². The first-order valence-corrected chi connectivity index (χ1v) is 5.09. The number of hydrogen-bond acceptors (Lipinski definition) is 3. The molecule has 0 saturated carbocycles.